The van der Waals surface area contributed by atoms with Crippen molar-refractivity contribution in [3.05, 3.63) is 27.7 Å². The van der Waals surface area contributed by atoms with Crippen molar-refractivity contribution < 1.29 is 0 Å². The molecule has 3 heteroatoms. The molecule has 0 radical (unpaired) electrons. The molecule has 1 aliphatic heterocycles. The van der Waals surface area contributed by atoms with Crippen LogP contribution in [0.15, 0.2) is 16.6 Å². The number of nitrogens with zero attached hydrogens (tertiary/aromatic N) is 1. The Morgan fingerprint density at radius 1 is 1.10 bits per heavy atom. The summed E-state index contributed by atoms with van der Waals surface area (Å²) in [6.45, 7) is 15.9. The first-order chi connectivity index (χ1) is 9.81. The topological polar surface area (TPSA) is 15.3 Å². The van der Waals surface area contributed by atoms with E-state index in [0.29, 0.717) is 23.9 Å². The molecule has 21 heavy (non-hydrogen) atoms. The molecule has 0 saturated carbocycles. The van der Waals surface area contributed by atoms with Gasteiger partial charge in [-0.2, -0.15) is 0 Å². The monoisotopic (exact) mass is 352 g/mol. The second-order valence-electron chi connectivity index (χ2n) is 7.11. The third-order valence-electron chi connectivity index (χ3n) is 4.70. The molecule has 1 aliphatic rings. The summed E-state index contributed by atoms with van der Waals surface area (Å²) in [6, 6.07) is 5.62. The highest BCUT2D eigenvalue weighted by atomic mass is 79.9. The molecule has 2 unspecified atom stereocenters. The Morgan fingerprint density at radius 2 is 1.67 bits per heavy atom. The van der Waals surface area contributed by atoms with Gasteiger partial charge in [0.1, 0.15) is 0 Å². The molecule has 0 aromatic heterocycles. The highest BCUT2D eigenvalue weighted by Crippen LogP contribution is 2.33. The smallest absolute Gasteiger partial charge is 0.0438 e. The van der Waals surface area contributed by atoms with E-state index in [9.17, 15) is 0 Å². The van der Waals surface area contributed by atoms with E-state index in [1.165, 1.54) is 21.3 Å². The van der Waals surface area contributed by atoms with Gasteiger partial charge >= 0.3 is 0 Å². The first-order valence-electron chi connectivity index (χ1n) is 8.08. The van der Waals surface area contributed by atoms with Crippen LogP contribution in [0.1, 0.15) is 38.8 Å². The van der Waals surface area contributed by atoms with Crippen LogP contribution in [0.4, 0.5) is 5.69 Å². The van der Waals surface area contributed by atoms with E-state index in [1.54, 1.807) is 0 Å². The number of piperazine rings is 1. The lowest BCUT2D eigenvalue weighted by molar-refractivity contribution is 0.295. The normalized spacial score (nSPS) is 23.2. The van der Waals surface area contributed by atoms with Crippen molar-refractivity contribution in [2.45, 2.75) is 53.6 Å². The van der Waals surface area contributed by atoms with Gasteiger partial charge in [-0.1, -0.05) is 43.6 Å². The van der Waals surface area contributed by atoms with Crippen molar-refractivity contribution in [3.63, 3.8) is 0 Å². The van der Waals surface area contributed by atoms with Crippen molar-refractivity contribution >= 4 is 21.6 Å². The Kier molecular flexibility index (Phi) is 5.37. The van der Waals surface area contributed by atoms with E-state index in [2.05, 4.69) is 79.8 Å². The summed E-state index contributed by atoms with van der Waals surface area (Å²) in [5, 5.41) is 3.75. The summed E-state index contributed by atoms with van der Waals surface area (Å²) < 4.78 is 1.18. The van der Waals surface area contributed by atoms with Crippen LogP contribution in [-0.2, 0) is 0 Å². The number of hydrogen-bond acceptors (Lipinski definition) is 2. The molecule has 1 fully saturated rings. The van der Waals surface area contributed by atoms with Gasteiger partial charge in [-0.05, 0) is 48.9 Å². The summed E-state index contributed by atoms with van der Waals surface area (Å²) in [5.74, 6) is 1.31. The summed E-state index contributed by atoms with van der Waals surface area (Å²) in [6.07, 6.45) is 0. The van der Waals surface area contributed by atoms with Gasteiger partial charge in [0.2, 0.25) is 0 Å². The summed E-state index contributed by atoms with van der Waals surface area (Å²) in [4.78, 5) is 2.66. The zero-order valence-electron chi connectivity index (χ0n) is 14.2. The fourth-order valence-electron chi connectivity index (χ4n) is 3.45. The average molecular weight is 353 g/mol. The lowest BCUT2D eigenvalue weighted by Gasteiger charge is -2.46. The number of nitrogens with one attached hydrogen (secondary N) is 1. The molecule has 1 heterocycles. The van der Waals surface area contributed by atoms with Crippen LogP contribution in [0, 0.1) is 25.7 Å². The molecule has 2 rings (SSSR count). The van der Waals surface area contributed by atoms with Gasteiger partial charge in [-0.3, -0.25) is 0 Å². The SMILES string of the molecule is Cc1cc(Br)cc(C)c1N1CC(C(C)C)NCC1C(C)C. The molecule has 2 atom stereocenters. The van der Waals surface area contributed by atoms with Crippen LogP contribution in [0.25, 0.3) is 0 Å². The maximum atomic E-state index is 3.75. The first kappa shape index (κ1) is 16.8. The highest BCUT2D eigenvalue weighted by Gasteiger charge is 2.32. The quantitative estimate of drug-likeness (QED) is 0.859. The van der Waals surface area contributed by atoms with Gasteiger partial charge in [-0.15, -0.1) is 0 Å². The molecule has 2 nitrogen and oxygen atoms in total. The van der Waals surface area contributed by atoms with Gasteiger partial charge in [0.25, 0.3) is 0 Å². The van der Waals surface area contributed by atoms with E-state index in [1.807, 2.05) is 0 Å². The Balaban J connectivity index is 2.40. The zero-order valence-corrected chi connectivity index (χ0v) is 15.8. The zero-order chi connectivity index (χ0) is 15.7. The van der Waals surface area contributed by atoms with Gasteiger partial charge in [0, 0.05) is 35.3 Å². The molecular weight excluding hydrogens is 324 g/mol. The Hall–Kier alpha value is -0.540. The van der Waals surface area contributed by atoms with Crippen LogP contribution in [0.2, 0.25) is 0 Å². The minimum atomic E-state index is 0.568. The third-order valence-corrected chi connectivity index (χ3v) is 5.16. The van der Waals surface area contributed by atoms with Crippen LogP contribution < -0.4 is 10.2 Å². The van der Waals surface area contributed by atoms with Crippen molar-refractivity contribution in [2.24, 2.45) is 11.8 Å². The van der Waals surface area contributed by atoms with Gasteiger partial charge in [0.05, 0.1) is 0 Å². The predicted octanol–water partition coefficient (Wildman–Crippen LogP) is 4.52. The lowest BCUT2D eigenvalue weighted by atomic mass is 9.92. The molecule has 1 saturated heterocycles. The molecule has 0 amide bonds. The summed E-state index contributed by atoms with van der Waals surface area (Å²) >= 11 is 3.62. The highest BCUT2D eigenvalue weighted by molar-refractivity contribution is 9.10. The maximum absolute atomic E-state index is 3.75. The van der Waals surface area contributed by atoms with Crippen LogP contribution in [-0.4, -0.2) is 25.2 Å². The number of hydrogen-bond donors (Lipinski definition) is 1. The van der Waals surface area contributed by atoms with Crippen molar-refractivity contribution in [1.82, 2.24) is 5.32 Å². The van der Waals surface area contributed by atoms with Crippen LogP contribution in [0.3, 0.4) is 0 Å². The number of aryl methyl sites for hydroxylation is 2. The van der Waals surface area contributed by atoms with Crippen LogP contribution in [0.5, 0.6) is 0 Å². The first-order valence-corrected chi connectivity index (χ1v) is 8.87. The Morgan fingerprint density at radius 3 is 2.14 bits per heavy atom. The van der Waals surface area contributed by atoms with Crippen molar-refractivity contribution in [2.75, 3.05) is 18.0 Å². The molecule has 1 aromatic carbocycles. The second kappa shape index (κ2) is 6.70. The van der Waals surface area contributed by atoms with Crippen molar-refractivity contribution in [1.29, 1.82) is 0 Å². The minimum Gasteiger partial charge on any atom is -0.365 e. The van der Waals surface area contributed by atoms with Gasteiger partial charge < -0.3 is 10.2 Å². The molecule has 0 bridgehead atoms. The number of halogens is 1. The minimum absolute atomic E-state index is 0.568. The molecular formula is C18H29BrN2. The fraction of sp³-hybridized carbons (Fsp3) is 0.667. The van der Waals surface area contributed by atoms with Gasteiger partial charge in [-0.25, -0.2) is 0 Å². The average Bonchev–Trinajstić information content (AvgIpc) is 2.36. The summed E-state index contributed by atoms with van der Waals surface area (Å²) in [7, 11) is 0. The molecule has 1 N–H and O–H groups in total. The largest absolute Gasteiger partial charge is 0.365 e. The maximum Gasteiger partial charge on any atom is 0.0438 e. The number of benzene rings is 1. The molecule has 118 valence electrons. The molecule has 1 aromatic rings. The number of anilines is 1. The lowest BCUT2D eigenvalue weighted by Crippen LogP contribution is -2.60. The van der Waals surface area contributed by atoms with E-state index >= 15 is 0 Å². The number of rotatable bonds is 3. The molecule has 0 spiro atoms. The third kappa shape index (κ3) is 3.62. The fourth-order valence-corrected chi connectivity index (χ4v) is 4.14. The van der Waals surface area contributed by atoms with Crippen molar-refractivity contribution in [3.8, 4) is 0 Å². The van der Waals surface area contributed by atoms with E-state index in [4.69, 9.17) is 0 Å². The van der Waals surface area contributed by atoms with E-state index < -0.39 is 0 Å². The Labute approximate surface area is 138 Å². The van der Waals surface area contributed by atoms with Gasteiger partial charge in [0.15, 0.2) is 0 Å². The van der Waals surface area contributed by atoms with E-state index in [-0.39, 0.29) is 0 Å². The summed E-state index contributed by atoms with van der Waals surface area (Å²) in [5.41, 5.74) is 4.18. The Bertz CT molecular complexity index is 473. The standard InChI is InChI=1S/C18H29BrN2/c1-11(2)16-10-21(17(9-20-16)12(3)4)18-13(5)7-15(19)8-14(18)6/h7-8,11-12,16-17,20H,9-10H2,1-6H3. The predicted molar refractivity (Wildman–Crippen MR) is 96.2 cm³/mol. The van der Waals surface area contributed by atoms with E-state index in [0.717, 1.165) is 13.1 Å². The van der Waals surface area contributed by atoms with Crippen LogP contribution >= 0.6 is 15.9 Å². The molecule has 0 aliphatic carbocycles. The second-order valence-corrected chi connectivity index (χ2v) is 8.03.